The molecule has 2 heterocycles. The molecule has 3 aromatic rings. The Bertz CT molecular complexity index is 825. The maximum atomic E-state index is 13.2. The molecule has 22 heavy (non-hydrogen) atoms. The van der Waals surface area contributed by atoms with Crippen molar-refractivity contribution in [3.63, 3.8) is 0 Å². The lowest BCUT2D eigenvalue weighted by molar-refractivity contribution is 0.280. The van der Waals surface area contributed by atoms with Gasteiger partial charge in [0.1, 0.15) is 10.4 Å². The van der Waals surface area contributed by atoms with Crippen LogP contribution in [0.15, 0.2) is 41.0 Å². The van der Waals surface area contributed by atoms with Gasteiger partial charge in [0.2, 0.25) is 0 Å². The second-order valence-corrected chi connectivity index (χ2v) is 6.33. The maximum Gasteiger partial charge on any atom is 0.123 e. The molecule has 0 aliphatic heterocycles. The Morgan fingerprint density at radius 3 is 2.45 bits per heavy atom. The average Bonchev–Trinajstić information content (AvgIpc) is 2.87. The van der Waals surface area contributed by atoms with Gasteiger partial charge in [-0.05, 0) is 63.8 Å². The highest BCUT2D eigenvalue weighted by atomic mass is 79.9. The van der Waals surface area contributed by atoms with Crippen LogP contribution in [0.4, 0.5) is 4.39 Å². The fraction of sp³-hybridized carbons (Fsp3) is 0.235. The molecule has 0 aliphatic carbocycles. The number of hydrogen-bond donors (Lipinski definition) is 1. The predicted octanol–water partition coefficient (Wildman–Crippen LogP) is 4.52. The summed E-state index contributed by atoms with van der Waals surface area (Å²) in [6, 6.07) is 10.1. The molecule has 0 amide bonds. The Morgan fingerprint density at radius 2 is 1.86 bits per heavy atom. The van der Waals surface area contributed by atoms with Gasteiger partial charge in [0, 0.05) is 11.1 Å². The van der Waals surface area contributed by atoms with Crippen molar-refractivity contribution < 1.29 is 9.50 Å². The molecule has 2 aromatic heterocycles. The summed E-state index contributed by atoms with van der Waals surface area (Å²) in [6.45, 7) is 4.07. The summed E-state index contributed by atoms with van der Waals surface area (Å²) in [5.41, 5.74) is 4.28. The number of aromatic nitrogens is 2. The Morgan fingerprint density at radius 1 is 1.18 bits per heavy atom. The molecule has 0 spiro atoms. The molecule has 1 aromatic carbocycles. The standard InChI is InChI=1S/C17H16BrFN2O/c1-10(2)16-13(9-22)17(11-3-5-12(19)6-4-11)20-21-14(16)7-8-15(21)18/h3-8,10,22H,9H2,1-2H3. The van der Waals surface area contributed by atoms with Crippen molar-refractivity contribution in [1.82, 2.24) is 9.61 Å². The van der Waals surface area contributed by atoms with Gasteiger partial charge in [0.15, 0.2) is 0 Å². The molecule has 5 heteroatoms. The SMILES string of the molecule is CC(C)c1c(CO)c(-c2ccc(F)cc2)nn2c(Br)ccc12. The van der Waals surface area contributed by atoms with Crippen molar-refractivity contribution in [2.24, 2.45) is 0 Å². The van der Waals surface area contributed by atoms with Gasteiger partial charge in [-0.3, -0.25) is 0 Å². The first-order valence-electron chi connectivity index (χ1n) is 7.09. The van der Waals surface area contributed by atoms with Gasteiger partial charge in [0.25, 0.3) is 0 Å². The highest BCUT2D eigenvalue weighted by Gasteiger charge is 2.19. The Hall–Kier alpha value is -1.72. The molecule has 0 saturated heterocycles. The Balaban J connectivity index is 2.38. The van der Waals surface area contributed by atoms with E-state index >= 15 is 0 Å². The number of aliphatic hydroxyl groups is 1. The molecule has 0 bridgehead atoms. The molecule has 0 unspecified atom stereocenters. The van der Waals surface area contributed by atoms with Gasteiger partial charge < -0.3 is 5.11 Å². The quantitative estimate of drug-likeness (QED) is 0.743. The summed E-state index contributed by atoms with van der Waals surface area (Å²) >= 11 is 3.49. The minimum atomic E-state index is -0.290. The number of nitrogens with zero attached hydrogens (tertiary/aromatic N) is 2. The molecule has 0 fully saturated rings. The number of hydrogen-bond acceptors (Lipinski definition) is 2. The summed E-state index contributed by atoms with van der Waals surface area (Å²) in [5, 5.41) is 14.5. The molecule has 0 radical (unpaired) electrons. The van der Waals surface area contributed by atoms with E-state index in [1.165, 1.54) is 12.1 Å². The van der Waals surface area contributed by atoms with Crippen LogP contribution in [0.3, 0.4) is 0 Å². The summed E-state index contributed by atoms with van der Waals surface area (Å²) in [6.07, 6.45) is 0. The zero-order valence-electron chi connectivity index (χ0n) is 12.3. The van der Waals surface area contributed by atoms with Crippen molar-refractivity contribution in [2.75, 3.05) is 0 Å². The van der Waals surface area contributed by atoms with Crippen LogP contribution in [0.1, 0.15) is 30.9 Å². The van der Waals surface area contributed by atoms with Gasteiger partial charge in [-0.25, -0.2) is 8.91 Å². The first kappa shape index (κ1) is 15.2. The molecule has 3 rings (SSSR count). The van der Waals surface area contributed by atoms with E-state index in [-0.39, 0.29) is 18.3 Å². The maximum absolute atomic E-state index is 13.2. The summed E-state index contributed by atoms with van der Waals surface area (Å²) in [5.74, 6) is -0.0600. The third kappa shape index (κ3) is 2.44. The van der Waals surface area contributed by atoms with Gasteiger partial charge in [-0.1, -0.05) is 13.8 Å². The highest BCUT2D eigenvalue weighted by molar-refractivity contribution is 9.10. The van der Waals surface area contributed by atoms with Crippen molar-refractivity contribution in [2.45, 2.75) is 26.4 Å². The van der Waals surface area contributed by atoms with Gasteiger partial charge >= 0.3 is 0 Å². The normalized spacial score (nSPS) is 11.5. The lowest BCUT2D eigenvalue weighted by atomic mass is 9.94. The summed E-state index contributed by atoms with van der Waals surface area (Å²) in [4.78, 5) is 0. The number of aliphatic hydroxyl groups excluding tert-OH is 1. The molecule has 3 nitrogen and oxygen atoms in total. The molecular weight excluding hydrogens is 347 g/mol. The fourth-order valence-electron chi connectivity index (χ4n) is 2.80. The van der Waals surface area contributed by atoms with Crippen molar-refractivity contribution in [3.05, 3.63) is 57.9 Å². The molecule has 1 N–H and O–H groups in total. The Labute approximate surface area is 136 Å². The minimum Gasteiger partial charge on any atom is -0.392 e. The molecule has 0 saturated carbocycles. The van der Waals surface area contributed by atoms with E-state index in [1.54, 1.807) is 12.1 Å². The van der Waals surface area contributed by atoms with Crippen molar-refractivity contribution >= 4 is 21.4 Å². The van der Waals surface area contributed by atoms with Crippen LogP contribution in [0.5, 0.6) is 0 Å². The zero-order chi connectivity index (χ0) is 15.9. The minimum absolute atomic E-state index is 0.105. The number of benzene rings is 1. The second kappa shape index (κ2) is 5.82. The molecule has 114 valence electrons. The van der Waals surface area contributed by atoms with Crippen LogP contribution in [0, 0.1) is 5.82 Å². The van der Waals surface area contributed by atoms with Gasteiger partial charge in [-0.2, -0.15) is 5.10 Å². The van der Waals surface area contributed by atoms with Crippen LogP contribution in [0.2, 0.25) is 0 Å². The fourth-order valence-corrected chi connectivity index (χ4v) is 3.20. The first-order chi connectivity index (χ1) is 10.5. The van der Waals surface area contributed by atoms with E-state index < -0.39 is 0 Å². The molecule has 0 aliphatic rings. The topological polar surface area (TPSA) is 37.5 Å². The second-order valence-electron chi connectivity index (χ2n) is 5.51. The van der Waals surface area contributed by atoms with Crippen LogP contribution < -0.4 is 0 Å². The average molecular weight is 363 g/mol. The third-order valence-electron chi connectivity index (χ3n) is 3.75. The first-order valence-corrected chi connectivity index (χ1v) is 7.89. The smallest absolute Gasteiger partial charge is 0.123 e. The highest BCUT2D eigenvalue weighted by Crippen LogP contribution is 2.33. The summed E-state index contributed by atoms with van der Waals surface area (Å²) < 4.78 is 15.8. The Kier molecular flexibility index (Phi) is 4.02. The summed E-state index contributed by atoms with van der Waals surface area (Å²) in [7, 11) is 0. The van der Waals surface area contributed by atoms with Crippen LogP contribution in [-0.4, -0.2) is 14.7 Å². The molecule has 0 atom stereocenters. The van der Waals surface area contributed by atoms with E-state index in [0.717, 1.165) is 26.8 Å². The van der Waals surface area contributed by atoms with E-state index in [9.17, 15) is 9.50 Å². The zero-order valence-corrected chi connectivity index (χ0v) is 13.9. The van der Waals surface area contributed by atoms with Crippen LogP contribution >= 0.6 is 15.9 Å². The lowest BCUT2D eigenvalue weighted by Crippen LogP contribution is -2.07. The van der Waals surface area contributed by atoms with E-state index in [4.69, 9.17) is 0 Å². The predicted molar refractivity (Wildman–Crippen MR) is 88.3 cm³/mol. The van der Waals surface area contributed by atoms with Gasteiger partial charge in [-0.15, -0.1) is 0 Å². The monoisotopic (exact) mass is 362 g/mol. The number of halogens is 2. The lowest BCUT2D eigenvalue weighted by Gasteiger charge is -2.17. The van der Waals surface area contributed by atoms with Crippen LogP contribution in [0.25, 0.3) is 16.8 Å². The number of fused-ring (bicyclic) bond motifs is 1. The van der Waals surface area contributed by atoms with Crippen molar-refractivity contribution in [3.8, 4) is 11.3 Å². The van der Waals surface area contributed by atoms with E-state index in [0.29, 0.717) is 5.69 Å². The van der Waals surface area contributed by atoms with Crippen LogP contribution in [-0.2, 0) is 6.61 Å². The van der Waals surface area contributed by atoms with Gasteiger partial charge in [0.05, 0.1) is 17.8 Å². The van der Waals surface area contributed by atoms with E-state index in [2.05, 4.69) is 34.9 Å². The van der Waals surface area contributed by atoms with E-state index in [1.807, 2.05) is 16.6 Å². The van der Waals surface area contributed by atoms with Crippen molar-refractivity contribution in [1.29, 1.82) is 0 Å². The number of rotatable bonds is 3. The third-order valence-corrected chi connectivity index (χ3v) is 4.35. The molecular formula is C17H16BrFN2O. The largest absolute Gasteiger partial charge is 0.392 e.